The summed E-state index contributed by atoms with van der Waals surface area (Å²) in [5, 5.41) is 15.1. The van der Waals surface area contributed by atoms with Crippen LogP contribution in [0.5, 0.6) is 0 Å². The smallest absolute Gasteiger partial charge is 0.140 e. The fraction of sp³-hybridized carbons (Fsp3) is 0.176. The van der Waals surface area contributed by atoms with Gasteiger partial charge in [-0.25, -0.2) is 0 Å². The summed E-state index contributed by atoms with van der Waals surface area (Å²) in [5.74, 6) is 0.629. The molecule has 0 amide bonds. The molecule has 1 unspecified atom stereocenters. The zero-order chi connectivity index (χ0) is 14.7. The maximum Gasteiger partial charge on any atom is 0.140 e. The van der Waals surface area contributed by atoms with E-state index in [-0.39, 0.29) is 6.42 Å². The molecule has 1 N–H and O–H groups in total. The first-order valence-electron chi connectivity index (χ1n) is 6.80. The summed E-state index contributed by atoms with van der Waals surface area (Å²) in [4.78, 5) is 4.32. The quantitative estimate of drug-likeness (QED) is 0.798. The molecule has 1 atom stereocenters. The van der Waals surface area contributed by atoms with Gasteiger partial charge in [-0.05, 0) is 24.6 Å². The van der Waals surface area contributed by atoms with Crippen LogP contribution in [0.1, 0.15) is 22.7 Å². The SMILES string of the molecule is Cc1cc(CC(O)(c2ccccc2)c2ccccn2)on1. The van der Waals surface area contributed by atoms with Gasteiger partial charge in [0.15, 0.2) is 0 Å². The molecule has 3 aromatic rings. The summed E-state index contributed by atoms with van der Waals surface area (Å²) in [5.41, 5.74) is 0.915. The Kier molecular flexibility index (Phi) is 3.54. The molecule has 0 spiro atoms. The molecule has 0 aliphatic rings. The van der Waals surface area contributed by atoms with Crippen LogP contribution in [-0.4, -0.2) is 15.2 Å². The van der Waals surface area contributed by atoms with Crippen molar-refractivity contribution in [3.05, 3.63) is 83.5 Å². The minimum Gasteiger partial charge on any atom is -0.378 e. The van der Waals surface area contributed by atoms with E-state index < -0.39 is 5.60 Å². The Bertz CT molecular complexity index is 668. The molecule has 0 radical (unpaired) electrons. The lowest BCUT2D eigenvalue weighted by molar-refractivity contribution is 0.0687. The van der Waals surface area contributed by atoms with Gasteiger partial charge in [-0.2, -0.15) is 0 Å². The zero-order valence-electron chi connectivity index (χ0n) is 11.7. The van der Waals surface area contributed by atoms with Crippen LogP contribution in [0.2, 0.25) is 0 Å². The molecule has 0 fully saturated rings. The minimum atomic E-state index is -1.24. The van der Waals surface area contributed by atoms with E-state index in [1.807, 2.05) is 61.5 Å². The molecule has 4 nitrogen and oxygen atoms in total. The van der Waals surface area contributed by atoms with Crippen molar-refractivity contribution in [3.63, 3.8) is 0 Å². The second-order valence-corrected chi connectivity index (χ2v) is 5.05. The summed E-state index contributed by atoms with van der Waals surface area (Å²) in [6.45, 7) is 1.86. The number of hydrogen-bond acceptors (Lipinski definition) is 4. The summed E-state index contributed by atoms with van der Waals surface area (Å²) in [6, 6.07) is 16.8. The van der Waals surface area contributed by atoms with Crippen LogP contribution in [-0.2, 0) is 12.0 Å². The van der Waals surface area contributed by atoms with Crippen molar-refractivity contribution in [2.75, 3.05) is 0 Å². The van der Waals surface area contributed by atoms with Crippen LogP contribution in [0.4, 0.5) is 0 Å². The van der Waals surface area contributed by atoms with Gasteiger partial charge in [-0.3, -0.25) is 4.98 Å². The van der Waals surface area contributed by atoms with Gasteiger partial charge in [0, 0.05) is 18.7 Å². The van der Waals surface area contributed by atoms with E-state index in [2.05, 4.69) is 10.1 Å². The van der Waals surface area contributed by atoms with E-state index in [1.54, 1.807) is 6.20 Å². The minimum absolute atomic E-state index is 0.287. The fourth-order valence-electron chi connectivity index (χ4n) is 2.41. The van der Waals surface area contributed by atoms with Gasteiger partial charge in [0.05, 0.1) is 11.4 Å². The fourth-order valence-corrected chi connectivity index (χ4v) is 2.41. The Morgan fingerprint density at radius 1 is 1.10 bits per heavy atom. The Morgan fingerprint density at radius 3 is 2.48 bits per heavy atom. The van der Waals surface area contributed by atoms with Gasteiger partial charge < -0.3 is 9.63 Å². The Balaban J connectivity index is 2.07. The third-order valence-corrected chi connectivity index (χ3v) is 3.45. The second-order valence-electron chi connectivity index (χ2n) is 5.05. The molecule has 4 heteroatoms. The van der Waals surface area contributed by atoms with Crippen molar-refractivity contribution in [2.45, 2.75) is 18.9 Å². The van der Waals surface area contributed by atoms with E-state index in [9.17, 15) is 5.11 Å². The lowest BCUT2D eigenvalue weighted by Crippen LogP contribution is -2.31. The molecule has 0 bridgehead atoms. The average Bonchev–Trinajstić information content (AvgIpc) is 2.94. The number of pyridine rings is 1. The van der Waals surface area contributed by atoms with Crippen LogP contribution in [0.15, 0.2) is 65.3 Å². The van der Waals surface area contributed by atoms with Crippen molar-refractivity contribution in [1.82, 2.24) is 10.1 Å². The molecule has 2 aromatic heterocycles. The van der Waals surface area contributed by atoms with Crippen molar-refractivity contribution >= 4 is 0 Å². The third-order valence-electron chi connectivity index (χ3n) is 3.45. The lowest BCUT2D eigenvalue weighted by atomic mass is 9.86. The van der Waals surface area contributed by atoms with E-state index in [0.29, 0.717) is 11.5 Å². The highest BCUT2D eigenvalue weighted by Crippen LogP contribution is 2.32. The number of aromatic nitrogens is 2. The number of hydrogen-bond donors (Lipinski definition) is 1. The second kappa shape index (κ2) is 5.50. The highest BCUT2D eigenvalue weighted by atomic mass is 16.5. The summed E-state index contributed by atoms with van der Waals surface area (Å²) < 4.78 is 5.27. The van der Waals surface area contributed by atoms with Crippen molar-refractivity contribution < 1.29 is 9.63 Å². The third kappa shape index (κ3) is 2.71. The largest absolute Gasteiger partial charge is 0.378 e. The molecule has 2 heterocycles. The zero-order valence-corrected chi connectivity index (χ0v) is 11.7. The number of aliphatic hydroxyl groups is 1. The first-order valence-corrected chi connectivity index (χ1v) is 6.80. The summed E-state index contributed by atoms with van der Waals surface area (Å²) in [6.07, 6.45) is 1.96. The van der Waals surface area contributed by atoms with Crippen LogP contribution in [0.3, 0.4) is 0 Å². The van der Waals surface area contributed by atoms with E-state index in [1.165, 1.54) is 0 Å². The van der Waals surface area contributed by atoms with E-state index >= 15 is 0 Å². The van der Waals surface area contributed by atoms with Crippen LogP contribution < -0.4 is 0 Å². The van der Waals surface area contributed by atoms with Gasteiger partial charge in [0.25, 0.3) is 0 Å². The number of nitrogens with zero attached hydrogens (tertiary/aromatic N) is 2. The van der Waals surface area contributed by atoms with E-state index in [4.69, 9.17) is 4.52 Å². The highest BCUT2D eigenvalue weighted by Gasteiger charge is 2.34. The van der Waals surface area contributed by atoms with Gasteiger partial charge >= 0.3 is 0 Å². The normalized spacial score (nSPS) is 13.8. The molecule has 1 aromatic carbocycles. The first kappa shape index (κ1) is 13.5. The highest BCUT2D eigenvalue weighted by molar-refractivity contribution is 5.33. The first-order chi connectivity index (χ1) is 10.2. The molecular weight excluding hydrogens is 264 g/mol. The molecule has 21 heavy (non-hydrogen) atoms. The monoisotopic (exact) mass is 280 g/mol. The van der Waals surface area contributed by atoms with Gasteiger partial charge in [0.2, 0.25) is 0 Å². The molecule has 106 valence electrons. The molecular formula is C17H16N2O2. The van der Waals surface area contributed by atoms with Crippen molar-refractivity contribution in [2.24, 2.45) is 0 Å². The standard InChI is InChI=1S/C17H16N2O2/c1-13-11-15(21-19-13)12-17(20,14-7-3-2-4-8-14)16-9-5-6-10-18-16/h2-11,20H,12H2,1H3. The molecule has 0 saturated carbocycles. The molecule has 0 aliphatic heterocycles. The predicted octanol–water partition coefficient (Wildman–Crippen LogP) is 2.86. The van der Waals surface area contributed by atoms with Gasteiger partial charge in [-0.1, -0.05) is 41.6 Å². The molecule has 0 aliphatic carbocycles. The summed E-state index contributed by atoms with van der Waals surface area (Å²) >= 11 is 0. The number of aryl methyl sites for hydroxylation is 1. The maximum absolute atomic E-state index is 11.3. The molecule has 3 rings (SSSR count). The summed E-state index contributed by atoms with van der Waals surface area (Å²) in [7, 11) is 0. The van der Waals surface area contributed by atoms with Crippen molar-refractivity contribution in [1.29, 1.82) is 0 Å². The van der Waals surface area contributed by atoms with Gasteiger partial charge in [0.1, 0.15) is 11.4 Å². The van der Waals surface area contributed by atoms with Crippen molar-refractivity contribution in [3.8, 4) is 0 Å². The number of benzene rings is 1. The molecule has 0 saturated heterocycles. The predicted molar refractivity (Wildman–Crippen MR) is 78.6 cm³/mol. The van der Waals surface area contributed by atoms with Crippen LogP contribution in [0.25, 0.3) is 0 Å². The Morgan fingerprint density at radius 2 is 1.86 bits per heavy atom. The van der Waals surface area contributed by atoms with Crippen LogP contribution >= 0.6 is 0 Å². The van der Waals surface area contributed by atoms with Gasteiger partial charge in [-0.15, -0.1) is 0 Å². The number of rotatable bonds is 4. The lowest BCUT2D eigenvalue weighted by Gasteiger charge is -2.27. The average molecular weight is 280 g/mol. The maximum atomic E-state index is 11.3. The Hall–Kier alpha value is -2.46. The van der Waals surface area contributed by atoms with Crippen LogP contribution in [0, 0.1) is 6.92 Å². The topological polar surface area (TPSA) is 59.2 Å². The van der Waals surface area contributed by atoms with E-state index in [0.717, 1.165) is 11.3 Å². The Labute approximate surface area is 123 Å².